The number of nitrogens with zero attached hydrogens (tertiary/aromatic N) is 4. The molecule has 146 valence electrons. The standard InChI is InChI=1S/C18H20Cl2N8/c1-18(25-17(21)22)5-7-28(8-6-18)12-9-23-15-14(26-27-16(15)24-12)10-3-2-4-11(19)13(10)20/h2-4,9H,5-8H2,1H3,(H4,21,22,25)(H,24,26,27). The third-order valence-electron chi connectivity index (χ3n) is 5.09. The third-order valence-corrected chi connectivity index (χ3v) is 5.91. The molecule has 0 saturated carbocycles. The number of piperidine rings is 1. The third kappa shape index (κ3) is 3.45. The minimum atomic E-state index is -0.176. The van der Waals surface area contributed by atoms with Gasteiger partial charge in [0.15, 0.2) is 11.6 Å². The Hall–Kier alpha value is -2.58. The van der Waals surface area contributed by atoms with Crippen molar-refractivity contribution < 1.29 is 0 Å². The molecular weight excluding hydrogens is 399 g/mol. The maximum atomic E-state index is 7.46. The molecule has 1 aliphatic rings. The Labute approximate surface area is 171 Å². The smallest absolute Gasteiger partial charge is 0.186 e. The number of benzene rings is 1. The summed E-state index contributed by atoms with van der Waals surface area (Å²) in [5, 5.41) is 18.7. The fraction of sp³-hybridized carbons (Fsp3) is 0.333. The number of halogens is 2. The second-order valence-corrected chi connectivity index (χ2v) is 7.97. The van der Waals surface area contributed by atoms with E-state index in [1.807, 2.05) is 12.1 Å². The molecule has 3 aromatic rings. The summed E-state index contributed by atoms with van der Waals surface area (Å²) in [5.74, 6) is 0.784. The van der Waals surface area contributed by atoms with Gasteiger partial charge in [-0.15, -0.1) is 0 Å². The van der Waals surface area contributed by atoms with E-state index in [4.69, 9.17) is 34.3 Å². The summed E-state index contributed by atoms with van der Waals surface area (Å²) in [6.07, 6.45) is 3.44. The molecule has 28 heavy (non-hydrogen) atoms. The van der Waals surface area contributed by atoms with Crippen LogP contribution < -0.4 is 16.0 Å². The van der Waals surface area contributed by atoms with E-state index >= 15 is 0 Å². The fourth-order valence-electron chi connectivity index (χ4n) is 3.50. The first kappa shape index (κ1) is 18.8. The number of rotatable bonds is 3. The molecule has 0 atom stereocenters. The first-order valence-electron chi connectivity index (χ1n) is 8.89. The van der Waals surface area contributed by atoms with Crippen LogP contribution in [0.2, 0.25) is 10.0 Å². The Morgan fingerprint density at radius 3 is 2.79 bits per heavy atom. The number of H-pyrrole nitrogens is 1. The van der Waals surface area contributed by atoms with Crippen LogP contribution in [-0.4, -0.2) is 44.8 Å². The average molecular weight is 419 g/mol. The van der Waals surface area contributed by atoms with Crippen molar-refractivity contribution in [1.29, 1.82) is 5.41 Å². The highest BCUT2D eigenvalue weighted by atomic mass is 35.5. The SMILES string of the molecule is CC1(NC(=N)N)CCN(c2cnc3c(-c4cccc(Cl)c4Cl)n[nH]c3n2)CC1. The zero-order valence-electron chi connectivity index (χ0n) is 15.3. The molecular formula is C18H20Cl2N8. The fourth-order valence-corrected chi connectivity index (χ4v) is 3.89. The predicted octanol–water partition coefficient (Wildman–Crippen LogP) is 3.17. The lowest BCUT2D eigenvalue weighted by atomic mass is 9.90. The number of nitrogens with two attached hydrogens (primary N) is 1. The minimum Gasteiger partial charge on any atom is -0.370 e. The number of aromatic amines is 1. The molecule has 0 radical (unpaired) electrons. The monoisotopic (exact) mass is 418 g/mol. The van der Waals surface area contributed by atoms with Gasteiger partial charge in [0, 0.05) is 24.2 Å². The molecule has 1 aromatic carbocycles. The second-order valence-electron chi connectivity index (χ2n) is 7.19. The van der Waals surface area contributed by atoms with Crippen molar-refractivity contribution in [2.45, 2.75) is 25.3 Å². The number of hydrogen-bond donors (Lipinski definition) is 4. The lowest BCUT2D eigenvalue weighted by Crippen LogP contribution is -2.55. The van der Waals surface area contributed by atoms with Crippen molar-refractivity contribution in [3.8, 4) is 11.3 Å². The van der Waals surface area contributed by atoms with Gasteiger partial charge in [-0.25, -0.2) is 9.97 Å². The van der Waals surface area contributed by atoms with E-state index in [1.165, 1.54) is 0 Å². The molecule has 4 rings (SSSR count). The quantitative estimate of drug-likeness (QED) is 0.383. The van der Waals surface area contributed by atoms with Gasteiger partial charge in [0.05, 0.1) is 16.2 Å². The predicted molar refractivity (Wildman–Crippen MR) is 112 cm³/mol. The van der Waals surface area contributed by atoms with E-state index in [-0.39, 0.29) is 11.5 Å². The molecule has 0 spiro atoms. The Morgan fingerprint density at radius 1 is 1.32 bits per heavy atom. The van der Waals surface area contributed by atoms with Gasteiger partial charge in [0.25, 0.3) is 0 Å². The Kier molecular flexibility index (Phi) is 4.76. The second kappa shape index (κ2) is 7.10. The minimum absolute atomic E-state index is 0.00169. The number of hydrogen-bond acceptors (Lipinski definition) is 5. The Morgan fingerprint density at radius 2 is 2.07 bits per heavy atom. The van der Waals surface area contributed by atoms with E-state index in [9.17, 15) is 0 Å². The van der Waals surface area contributed by atoms with E-state index in [2.05, 4.69) is 37.3 Å². The Balaban J connectivity index is 1.59. The van der Waals surface area contributed by atoms with E-state index < -0.39 is 0 Å². The van der Waals surface area contributed by atoms with Gasteiger partial charge in [-0.1, -0.05) is 35.3 Å². The first-order chi connectivity index (χ1) is 13.4. The van der Waals surface area contributed by atoms with E-state index in [1.54, 1.807) is 12.3 Å². The van der Waals surface area contributed by atoms with Crippen molar-refractivity contribution in [3.05, 3.63) is 34.4 Å². The van der Waals surface area contributed by atoms with Gasteiger partial charge in [-0.3, -0.25) is 10.5 Å². The van der Waals surface area contributed by atoms with Crippen LogP contribution in [0, 0.1) is 5.41 Å². The summed E-state index contributed by atoms with van der Waals surface area (Å²) in [6.45, 7) is 3.66. The molecule has 0 unspecified atom stereocenters. The molecule has 0 amide bonds. The summed E-state index contributed by atoms with van der Waals surface area (Å²) in [7, 11) is 0. The maximum Gasteiger partial charge on any atom is 0.186 e. The number of fused-ring (bicyclic) bond motifs is 1. The molecule has 0 bridgehead atoms. The number of aromatic nitrogens is 4. The first-order valence-corrected chi connectivity index (χ1v) is 9.64. The van der Waals surface area contributed by atoms with Crippen molar-refractivity contribution in [1.82, 2.24) is 25.5 Å². The number of nitrogens with one attached hydrogen (secondary N) is 3. The average Bonchev–Trinajstić information content (AvgIpc) is 3.07. The summed E-state index contributed by atoms with van der Waals surface area (Å²) in [6, 6.07) is 5.41. The normalized spacial score (nSPS) is 16.3. The molecule has 1 saturated heterocycles. The van der Waals surface area contributed by atoms with Crippen molar-refractivity contribution >= 4 is 46.1 Å². The van der Waals surface area contributed by atoms with Crippen molar-refractivity contribution in [2.75, 3.05) is 18.0 Å². The number of anilines is 1. The van der Waals surface area contributed by atoms with Gasteiger partial charge in [-0.2, -0.15) is 5.10 Å². The van der Waals surface area contributed by atoms with Crippen LogP contribution in [0.15, 0.2) is 24.4 Å². The van der Waals surface area contributed by atoms with Crippen LogP contribution in [-0.2, 0) is 0 Å². The van der Waals surface area contributed by atoms with Gasteiger partial charge in [0.1, 0.15) is 17.0 Å². The van der Waals surface area contributed by atoms with Crippen LogP contribution >= 0.6 is 23.2 Å². The molecule has 8 nitrogen and oxygen atoms in total. The molecule has 10 heteroatoms. The number of guanidine groups is 1. The van der Waals surface area contributed by atoms with Crippen LogP contribution in [0.25, 0.3) is 22.4 Å². The molecule has 3 heterocycles. The van der Waals surface area contributed by atoms with Gasteiger partial charge < -0.3 is 16.0 Å². The zero-order chi connectivity index (χ0) is 19.9. The van der Waals surface area contributed by atoms with Crippen LogP contribution in [0.3, 0.4) is 0 Å². The largest absolute Gasteiger partial charge is 0.370 e. The van der Waals surface area contributed by atoms with Crippen LogP contribution in [0.1, 0.15) is 19.8 Å². The van der Waals surface area contributed by atoms with Gasteiger partial charge in [-0.05, 0) is 25.8 Å². The maximum absolute atomic E-state index is 7.46. The van der Waals surface area contributed by atoms with Crippen molar-refractivity contribution in [2.24, 2.45) is 5.73 Å². The molecule has 1 aliphatic heterocycles. The molecule has 5 N–H and O–H groups in total. The molecule has 0 aliphatic carbocycles. The topological polar surface area (TPSA) is 120 Å². The van der Waals surface area contributed by atoms with Crippen LogP contribution in [0.4, 0.5) is 5.82 Å². The lowest BCUT2D eigenvalue weighted by Gasteiger charge is -2.40. The molecule has 1 fully saturated rings. The summed E-state index contributed by atoms with van der Waals surface area (Å²) in [4.78, 5) is 11.4. The summed E-state index contributed by atoms with van der Waals surface area (Å²) in [5.41, 5.74) is 7.90. The highest BCUT2D eigenvalue weighted by Crippen LogP contribution is 2.35. The molecule has 2 aromatic heterocycles. The Bertz CT molecular complexity index is 1040. The highest BCUT2D eigenvalue weighted by molar-refractivity contribution is 6.43. The lowest BCUT2D eigenvalue weighted by molar-refractivity contribution is 0.325. The van der Waals surface area contributed by atoms with Gasteiger partial charge >= 0.3 is 0 Å². The van der Waals surface area contributed by atoms with Crippen molar-refractivity contribution in [3.63, 3.8) is 0 Å². The van der Waals surface area contributed by atoms with E-state index in [0.717, 1.165) is 31.7 Å². The summed E-state index contributed by atoms with van der Waals surface area (Å²) < 4.78 is 0. The highest BCUT2D eigenvalue weighted by Gasteiger charge is 2.31. The van der Waals surface area contributed by atoms with Crippen LogP contribution in [0.5, 0.6) is 0 Å². The summed E-state index contributed by atoms with van der Waals surface area (Å²) >= 11 is 12.5. The van der Waals surface area contributed by atoms with E-state index in [0.29, 0.717) is 32.5 Å². The van der Waals surface area contributed by atoms with Gasteiger partial charge in [0.2, 0.25) is 0 Å². The zero-order valence-corrected chi connectivity index (χ0v) is 16.8.